The van der Waals surface area contributed by atoms with Gasteiger partial charge >= 0.3 is 0 Å². The minimum Gasteiger partial charge on any atom is -0.300 e. The highest BCUT2D eigenvalue weighted by Crippen LogP contribution is 2.46. The van der Waals surface area contributed by atoms with Crippen LogP contribution in [0.15, 0.2) is 12.2 Å². The maximum Gasteiger partial charge on any atom is 0.129 e. The topological polar surface area (TPSA) is 17.1 Å². The zero-order chi connectivity index (χ0) is 11.6. The summed E-state index contributed by atoms with van der Waals surface area (Å²) in [6.45, 7) is 10.3. The molecule has 0 saturated heterocycles. The quantitative estimate of drug-likeness (QED) is 0.528. The van der Waals surface area contributed by atoms with Crippen molar-refractivity contribution in [2.24, 2.45) is 11.3 Å². The SMILES string of the molecule is C=C1C(Cl)CCC(C)(C)C1CCC(C)=O. The first-order valence-electron chi connectivity index (χ1n) is 5.67. The van der Waals surface area contributed by atoms with Gasteiger partial charge in [0.15, 0.2) is 0 Å². The van der Waals surface area contributed by atoms with Gasteiger partial charge in [0.2, 0.25) is 0 Å². The van der Waals surface area contributed by atoms with Gasteiger partial charge in [-0.15, -0.1) is 11.6 Å². The van der Waals surface area contributed by atoms with E-state index in [1.165, 1.54) is 0 Å². The lowest BCUT2D eigenvalue weighted by molar-refractivity contribution is -0.117. The lowest BCUT2D eigenvalue weighted by Gasteiger charge is -2.42. The van der Waals surface area contributed by atoms with Crippen LogP contribution in [0.2, 0.25) is 0 Å². The Hall–Kier alpha value is -0.300. The maximum atomic E-state index is 11.0. The van der Waals surface area contributed by atoms with Crippen LogP contribution in [0.1, 0.15) is 46.5 Å². The van der Waals surface area contributed by atoms with E-state index in [0.717, 1.165) is 24.8 Å². The molecule has 86 valence electrons. The Bertz CT molecular complexity index is 268. The first-order chi connectivity index (χ1) is 6.84. The Balaban J connectivity index is 2.70. The molecule has 1 fully saturated rings. The van der Waals surface area contributed by atoms with E-state index in [1.54, 1.807) is 6.92 Å². The molecular weight excluding hydrogens is 208 g/mol. The van der Waals surface area contributed by atoms with Gasteiger partial charge in [0.25, 0.3) is 0 Å². The predicted octanol–water partition coefficient (Wildman–Crippen LogP) is 3.96. The molecular formula is C13H21ClO. The van der Waals surface area contributed by atoms with E-state index in [9.17, 15) is 4.79 Å². The van der Waals surface area contributed by atoms with Crippen molar-refractivity contribution in [3.63, 3.8) is 0 Å². The van der Waals surface area contributed by atoms with Gasteiger partial charge in [-0.1, -0.05) is 26.0 Å². The molecule has 0 radical (unpaired) electrons. The highest BCUT2D eigenvalue weighted by Gasteiger charge is 2.38. The van der Waals surface area contributed by atoms with Crippen LogP contribution < -0.4 is 0 Å². The zero-order valence-corrected chi connectivity index (χ0v) is 10.7. The van der Waals surface area contributed by atoms with Crippen LogP contribution in [0.25, 0.3) is 0 Å². The number of carbonyl (C=O) groups is 1. The molecule has 2 heteroatoms. The minimum absolute atomic E-state index is 0.106. The molecule has 0 spiro atoms. The van der Waals surface area contributed by atoms with Gasteiger partial charge in [0.1, 0.15) is 5.78 Å². The lowest BCUT2D eigenvalue weighted by atomic mass is 9.65. The van der Waals surface area contributed by atoms with Crippen LogP contribution in [0.5, 0.6) is 0 Å². The third-order valence-corrected chi connectivity index (χ3v) is 4.12. The molecule has 0 N–H and O–H groups in total. The van der Waals surface area contributed by atoms with E-state index in [4.69, 9.17) is 11.6 Å². The summed E-state index contributed by atoms with van der Waals surface area (Å²) in [5.74, 6) is 0.660. The summed E-state index contributed by atoms with van der Waals surface area (Å²) in [4.78, 5) is 11.0. The molecule has 0 bridgehead atoms. The Morgan fingerprint density at radius 3 is 2.73 bits per heavy atom. The average molecular weight is 229 g/mol. The summed E-state index contributed by atoms with van der Waals surface area (Å²) >= 11 is 6.22. The van der Waals surface area contributed by atoms with Crippen LogP contribution >= 0.6 is 11.6 Å². The number of Topliss-reactive ketones (excluding diaryl/α,β-unsaturated/α-hetero) is 1. The van der Waals surface area contributed by atoms with Crippen molar-refractivity contribution in [3.05, 3.63) is 12.2 Å². The molecule has 15 heavy (non-hydrogen) atoms. The smallest absolute Gasteiger partial charge is 0.129 e. The average Bonchev–Trinajstić information content (AvgIpc) is 2.11. The number of hydrogen-bond acceptors (Lipinski definition) is 1. The molecule has 1 aliphatic carbocycles. The Labute approximate surface area is 97.9 Å². The second kappa shape index (κ2) is 4.69. The van der Waals surface area contributed by atoms with Crippen molar-refractivity contribution in [3.8, 4) is 0 Å². The summed E-state index contributed by atoms with van der Waals surface area (Å²) in [6, 6.07) is 0. The predicted molar refractivity (Wildman–Crippen MR) is 65.2 cm³/mol. The molecule has 1 nitrogen and oxygen atoms in total. The largest absolute Gasteiger partial charge is 0.300 e. The number of ketones is 1. The molecule has 0 aromatic heterocycles. The van der Waals surface area contributed by atoms with Gasteiger partial charge in [-0.3, -0.25) is 0 Å². The fourth-order valence-electron chi connectivity index (χ4n) is 2.50. The maximum absolute atomic E-state index is 11.0. The number of rotatable bonds is 3. The Kier molecular flexibility index (Phi) is 3.99. The summed E-state index contributed by atoms with van der Waals surface area (Å²) in [6.07, 6.45) is 3.70. The van der Waals surface area contributed by atoms with E-state index >= 15 is 0 Å². The van der Waals surface area contributed by atoms with Gasteiger partial charge in [0.05, 0.1) is 5.38 Å². The van der Waals surface area contributed by atoms with Crippen LogP contribution in [-0.4, -0.2) is 11.2 Å². The molecule has 1 rings (SSSR count). The van der Waals surface area contributed by atoms with Crippen molar-refractivity contribution in [2.45, 2.75) is 51.8 Å². The molecule has 0 amide bonds. The van der Waals surface area contributed by atoms with E-state index in [1.807, 2.05) is 0 Å². The highest BCUT2D eigenvalue weighted by atomic mass is 35.5. The fraction of sp³-hybridized carbons (Fsp3) is 0.769. The van der Waals surface area contributed by atoms with Gasteiger partial charge in [-0.05, 0) is 37.5 Å². The van der Waals surface area contributed by atoms with Gasteiger partial charge in [-0.2, -0.15) is 0 Å². The first kappa shape index (κ1) is 12.8. The summed E-state index contributed by atoms with van der Waals surface area (Å²) in [5, 5.41) is 0.106. The van der Waals surface area contributed by atoms with Crippen LogP contribution in [-0.2, 0) is 4.79 Å². The molecule has 2 atom stereocenters. The molecule has 1 aliphatic rings. The standard InChI is InChI=1S/C13H21ClO/c1-9(15)5-6-11-10(2)12(14)7-8-13(11,3)4/h11-12H,2,5-8H2,1,3-4H3. The highest BCUT2D eigenvalue weighted by molar-refractivity contribution is 6.22. The molecule has 2 unspecified atom stereocenters. The number of alkyl halides is 1. The van der Waals surface area contributed by atoms with Gasteiger partial charge in [-0.25, -0.2) is 0 Å². The molecule has 0 heterocycles. The molecule has 0 aromatic carbocycles. The normalized spacial score (nSPS) is 30.3. The van der Waals surface area contributed by atoms with E-state index < -0.39 is 0 Å². The van der Waals surface area contributed by atoms with E-state index in [2.05, 4.69) is 20.4 Å². The summed E-state index contributed by atoms with van der Waals surface area (Å²) < 4.78 is 0. The van der Waals surface area contributed by atoms with E-state index in [-0.39, 0.29) is 16.6 Å². The molecule has 1 saturated carbocycles. The second-order valence-electron chi connectivity index (χ2n) is 5.36. The van der Waals surface area contributed by atoms with Crippen molar-refractivity contribution in [1.82, 2.24) is 0 Å². The van der Waals surface area contributed by atoms with E-state index in [0.29, 0.717) is 12.3 Å². The third-order valence-electron chi connectivity index (χ3n) is 3.62. The summed E-state index contributed by atoms with van der Waals surface area (Å²) in [7, 11) is 0. The number of allylic oxidation sites excluding steroid dienone is 1. The number of carbonyl (C=O) groups excluding carboxylic acids is 1. The van der Waals surface area contributed by atoms with Crippen molar-refractivity contribution in [1.29, 1.82) is 0 Å². The monoisotopic (exact) mass is 228 g/mol. The third kappa shape index (κ3) is 3.07. The summed E-state index contributed by atoms with van der Waals surface area (Å²) in [5.41, 5.74) is 1.38. The Morgan fingerprint density at radius 1 is 1.60 bits per heavy atom. The first-order valence-corrected chi connectivity index (χ1v) is 6.10. The second-order valence-corrected chi connectivity index (χ2v) is 5.89. The van der Waals surface area contributed by atoms with Crippen molar-refractivity contribution in [2.75, 3.05) is 0 Å². The number of halogens is 1. The van der Waals surface area contributed by atoms with Crippen LogP contribution in [0.4, 0.5) is 0 Å². The van der Waals surface area contributed by atoms with Gasteiger partial charge in [0, 0.05) is 6.42 Å². The molecule has 0 aliphatic heterocycles. The zero-order valence-electron chi connectivity index (χ0n) is 9.98. The molecule has 0 aromatic rings. The van der Waals surface area contributed by atoms with Crippen LogP contribution in [0.3, 0.4) is 0 Å². The van der Waals surface area contributed by atoms with Crippen LogP contribution in [0, 0.1) is 11.3 Å². The van der Waals surface area contributed by atoms with Crippen molar-refractivity contribution >= 4 is 17.4 Å². The fourth-order valence-corrected chi connectivity index (χ4v) is 2.76. The Morgan fingerprint density at radius 2 is 2.20 bits per heavy atom. The minimum atomic E-state index is 0.106. The van der Waals surface area contributed by atoms with Gasteiger partial charge < -0.3 is 4.79 Å². The number of hydrogen-bond donors (Lipinski definition) is 0. The lowest BCUT2D eigenvalue weighted by Crippen LogP contribution is -2.34. The van der Waals surface area contributed by atoms with Crippen molar-refractivity contribution < 1.29 is 4.79 Å².